The molecule has 0 radical (unpaired) electrons. The second-order valence-corrected chi connectivity index (χ2v) is 4.53. The van der Waals surface area contributed by atoms with Gasteiger partial charge in [0, 0.05) is 16.6 Å². The first-order valence-electron chi connectivity index (χ1n) is 5.13. The van der Waals surface area contributed by atoms with E-state index in [1.54, 1.807) is 25.1 Å². The molecule has 1 amide bonds. The van der Waals surface area contributed by atoms with Crippen molar-refractivity contribution < 1.29 is 4.79 Å². The molecule has 0 fully saturated rings. The minimum Gasteiger partial charge on any atom is -0.355 e. The molecule has 3 nitrogen and oxygen atoms in total. The van der Waals surface area contributed by atoms with Crippen molar-refractivity contribution in [2.24, 2.45) is 5.92 Å². The number of nitrogens with zero attached hydrogens (tertiary/aromatic N) is 1. The van der Waals surface area contributed by atoms with E-state index in [4.69, 9.17) is 28.5 Å². The van der Waals surface area contributed by atoms with E-state index >= 15 is 0 Å². The van der Waals surface area contributed by atoms with E-state index in [-0.39, 0.29) is 18.2 Å². The zero-order valence-electron chi connectivity index (χ0n) is 9.34. The van der Waals surface area contributed by atoms with E-state index in [0.717, 1.165) is 0 Å². The average molecular weight is 271 g/mol. The van der Waals surface area contributed by atoms with Crippen molar-refractivity contribution in [2.75, 3.05) is 6.54 Å². The summed E-state index contributed by atoms with van der Waals surface area (Å²) in [5.74, 6) is -0.400. The van der Waals surface area contributed by atoms with Crippen molar-refractivity contribution in [3.63, 3.8) is 0 Å². The summed E-state index contributed by atoms with van der Waals surface area (Å²) in [6.07, 6.45) is 0.122. The number of carbonyl (C=O) groups is 1. The predicted molar refractivity (Wildman–Crippen MR) is 68.0 cm³/mol. The van der Waals surface area contributed by atoms with Crippen molar-refractivity contribution in [1.29, 1.82) is 5.26 Å². The highest BCUT2D eigenvalue weighted by Gasteiger charge is 2.11. The molecule has 0 saturated heterocycles. The first kappa shape index (κ1) is 13.8. The average Bonchev–Trinajstić information content (AvgIpc) is 2.31. The van der Waals surface area contributed by atoms with Crippen LogP contribution in [0.4, 0.5) is 0 Å². The van der Waals surface area contributed by atoms with Crippen LogP contribution in [0.15, 0.2) is 18.2 Å². The molecule has 0 aliphatic rings. The molecule has 0 heterocycles. The third-order valence-electron chi connectivity index (χ3n) is 2.22. The Hall–Kier alpha value is -1.24. The van der Waals surface area contributed by atoms with Crippen LogP contribution in [-0.4, -0.2) is 12.5 Å². The summed E-state index contributed by atoms with van der Waals surface area (Å²) in [7, 11) is 0. The van der Waals surface area contributed by atoms with Crippen LogP contribution >= 0.6 is 23.2 Å². The highest BCUT2D eigenvalue weighted by Crippen LogP contribution is 2.24. The van der Waals surface area contributed by atoms with Gasteiger partial charge in [0.15, 0.2) is 0 Å². The van der Waals surface area contributed by atoms with Crippen molar-refractivity contribution in [3.8, 4) is 6.07 Å². The smallest absolute Gasteiger partial charge is 0.224 e. The summed E-state index contributed by atoms with van der Waals surface area (Å²) in [6, 6.07) is 7.14. The Bertz CT molecular complexity index is 434. The van der Waals surface area contributed by atoms with Crippen molar-refractivity contribution in [3.05, 3.63) is 33.8 Å². The fourth-order valence-corrected chi connectivity index (χ4v) is 1.77. The van der Waals surface area contributed by atoms with Crippen LogP contribution in [0.5, 0.6) is 0 Å². The maximum Gasteiger partial charge on any atom is 0.224 e. The van der Waals surface area contributed by atoms with Gasteiger partial charge < -0.3 is 5.32 Å². The molecule has 1 aromatic carbocycles. The number of amides is 1. The standard InChI is InChI=1S/C12H12Cl2N2O/c1-8(6-15)7-16-12(17)5-9-10(13)3-2-4-11(9)14/h2-4,8H,5,7H2,1H3,(H,16,17). The van der Waals surface area contributed by atoms with Crippen molar-refractivity contribution >= 4 is 29.1 Å². The molecule has 0 spiro atoms. The van der Waals surface area contributed by atoms with Gasteiger partial charge in [-0.1, -0.05) is 29.3 Å². The minimum atomic E-state index is -0.208. The quantitative estimate of drug-likeness (QED) is 0.915. The van der Waals surface area contributed by atoms with E-state index in [1.807, 2.05) is 6.07 Å². The lowest BCUT2D eigenvalue weighted by Gasteiger charge is -2.08. The van der Waals surface area contributed by atoms with Crippen LogP contribution in [0, 0.1) is 17.2 Å². The van der Waals surface area contributed by atoms with Gasteiger partial charge in [0.2, 0.25) is 5.91 Å². The maximum atomic E-state index is 11.6. The number of rotatable bonds is 4. The molecule has 90 valence electrons. The molecule has 17 heavy (non-hydrogen) atoms. The maximum absolute atomic E-state index is 11.6. The number of carbonyl (C=O) groups excluding carboxylic acids is 1. The Labute approximate surface area is 110 Å². The molecule has 0 aromatic heterocycles. The molecule has 0 aliphatic heterocycles. The minimum absolute atomic E-state index is 0.122. The topological polar surface area (TPSA) is 52.9 Å². The summed E-state index contributed by atoms with van der Waals surface area (Å²) in [6.45, 7) is 2.07. The van der Waals surface area contributed by atoms with Gasteiger partial charge in [-0.05, 0) is 24.6 Å². The van der Waals surface area contributed by atoms with Crippen molar-refractivity contribution in [1.82, 2.24) is 5.32 Å². The van der Waals surface area contributed by atoms with Crippen LogP contribution in [0.25, 0.3) is 0 Å². The normalized spacial score (nSPS) is 11.6. The third-order valence-corrected chi connectivity index (χ3v) is 2.93. The van der Waals surface area contributed by atoms with E-state index in [1.165, 1.54) is 0 Å². The van der Waals surface area contributed by atoms with E-state index in [2.05, 4.69) is 5.32 Å². The number of hydrogen-bond donors (Lipinski definition) is 1. The molecular weight excluding hydrogens is 259 g/mol. The second-order valence-electron chi connectivity index (χ2n) is 3.71. The fraction of sp³-hybridized carbons (Fsp3) is 0.333. The second kappa shape index (κ2) is 6.48. The van der Waals surface area contributed by atoms with Crippen LogP contribution < -0.4 is 5.32 Å². The Balaban J connectivity index is 2.60. The summed E-state index contributed by atoms with van der Waals surface area (Å²) in [5.41, 5.74) is 0.609. The molecule has 1 N–H and O–H groups in total. The summed E-state index contributed by atoms with van der Waals surface area (Å²) < 4.78 is 0. The molecule has 1 rings (SSSR count). The van der Waals surface area contributed by atoms with Crippen LogP contribution in [0.3, 0.4) is 0 Å². The molecule has 1 aromatic rings. The van der Waals surface area contributed by atoms with Crippen molar-refractivity contribution in [2.45, 2.75) is 13.3 Å². The molecule has 1 unspecified atom stereocenters. The van der Waals surface area contributed by atoms with Gasteiger partial charge in [-0.3, -0.25) is 4.79 Å². The number of halogens is 2. The Kier molecular flexibility index (Phi) is 5.27. The lowest BCUT2D eigenvalue weighted by Crippen LogP contribution is -2.29. The molecular formula is C12H12Cl2N2O. The molecule has 0 saturated carbocycles. The van der Waals surface area contributed by atoms with Crippen LogP contribution in [0.2, 0.25) is 10.0 Å². The van der Waals surface area contributed by atoms with Gasteiger partial charge in [0.05, 0.1) is 18.4 Å². The number of hydrogen-bond acceptors (Lipinski definition) is 2. The summed E-state index contributed by atoms with van der Waals surface area (Å²) in [5, 5.41) is 12.2. The van der Waals surface area contributed by atoms with E-state index in [9.17, 15) is 4.79 Å². The zero-order valence-corrected chi connectivity index (χ0v) is 10.8. The van der Waals surface area contributed by atoms with Gasteiger partial charge in [-0.2, -0.15) is 5.26 Å². The van der Waals surface area contributed by atoms with E-state index in [0.29, 0.717) is 22.2 Å². The predicted octanol–water partition coefficient (Wildman–Crippen LogP) is 2.81. The first-order valence-corrected chi connectivity index (χ1v) is 5.89. The van der Waals surface area contributed by atoms with Gasteiger partial charge >= 0.3 is 0 Å². The highest BCUT2D eigenvalue weighted by molar-refractivity contribution is 6.36. The third kappa shape index (κ3) is 4.26. The SMILES string of the molecule is CC(C#N)CNC(=O)Cc1c(Cl)cccc1Cl. The lowest BCUT2D eigenvalue weighted by atomic mass is 10.1. The Morgan fingerprint density at radius 1 is 1.47 bits per heavy atom. The fourth-order valence-electron chi connectivity index (χ4n) is 1.24. The van der Waals surface area contributed by atoms with Gasteiger partial charge in [-0.15, -0.1) is 0 Å². The number of nitrogens with one attached hydrogen (secondary N) is 1. The molecule has 0 bridgehead atoms. The highest BCUT2D eigenvalue weighted by atomic mass is 35.5. The molecule has 1 atom stereocenters. The van der Waals surface area contributed by atoms with Crippen LogP contribution in [0.1, 0.15) is 12.5 Å². The Morgan fingerprint density at radius 3 is 2.59 bits per heavy atom. The van der Waals surface area contributed by atoms with Gasteiger partial charge in [-0.25, -0.2) is 0 Å². The number of benzene rings is 1. The van der Waals surface area contributed by atoms with Gasteiger partial charge in [0.25, 0.3) is 0 Å². The summed E-state index contributed by atoms with van der Waals surface area (Å²) >= 11 is 11.9. The van der Waals surface area contributed by atoms with E-state index < -0.39 is 0 Å². The monoisotopic (exact) mass is 270 g/mol. The van der Waals surface area contributed by atoms with Crippen LogP contribution in [-0.2, 0) is 11.2 Å². The summed E-state index contributed by atoms with van der Waals surface area (Å²) in [4.78, 5) is 11.6. The Morgan fingerprint density at radius 2 is 2.06 bits per heavy atom. The lowest BCUT2D eigenvalue weighted by molar-refractivity contribution is -0.120. The zero-order chi connectivity index (χ0) is 12.8. The molecule has 0 aliphatic carbocycles. The largest absolute Gasteiger partial charge is 0.355 e. The molecule has 5 heteroatoms. The number of nitriles is 1. The van der Waals surface area contributed by atoms with Gasteiger partial charge in [0.1, 0.15) is 0 Å². The first-order chi connectivity index (χ1) is 8.04.